The second kappa shape index (κ2) is 4.47. The van der Waals surface area contributed by atoms with Gasteiger partial charge in [-0.05, 0) is 86.9 Å². The molecule has 116 valence electrons. The third-order valence-corrected chi connectivity index (χ3v) is 7.82. The van der Waals surface area contributed by atoms with Crippen LogP contribution >= 0.6 is 0 Å². The lowest BCUT2D eigenvalue weighted by molar-refractivity contribution is -0.131. The summed E-state index contributed by atoms with van der Waals surface area (Å²) in [7, 11) is 0. The van der Waals surface area contributed by atoms with Crippen molar-refractivity contribution >= 4 is 5.91 Å². The Morgan fingerprint density at radius 3 is 2.00 bits per heavy atom. The summed E-state index contributed by atoms with van der Waals surface area (Å²) >= 11 is 0. The van der Waals surface area contributed by atoms with Gasteiger partial charge in [-0.2, -0.15) is 0 Å². The summed E-state index contributed by atoms with van der Waals surface area (Å²) in [5.41, 5.74) is 6.35. The Bertz CT molecular complexity index is 432. The zero-order chi connectivity index (χ0) is 14.1. The fourth-order valence-electron chi connectivity index (χ4n) is 7.15. The number of rotatable bonds is 2. The maximum atomic E-state index is 12.8. The van der Waals surface area contributed by atoms with E-state index in [1.165, 1.54) is 51.4 Å². The zero-order valence-corrected chi connectivity index (χ0v) is 12.8. The summed E-state index contributed by atoms with van der Waals surface area (Å²) in [6.45, 7) is 0. The van der Waals surface area contributed by atoms with E-state index in [9.17, 15) is 4.79 Å². The van der Waals surface area contributed by atoms with E-state index in [2.05, 4.69) is 5.32 Å². The molecule has 1 amide bonds. The summed E-state index contributed by atoms with van der Waals surface area (Å²) in [4.78, 5) is 12.8. The van der Waals surface area contributed by atoms with Crippen molar-refractivity contribution in [2.45, 2.75) is 63.5 Å². The van der Waals surface area contributed by atoms with Gasteiger partial charge in [-0.1, -0.05) is 0 Å². The molecule has 0 heterocycles. The Balaban J connectivity index is 1.30. The predicted octanol–water partition coefficient (Wildman–Crippen LogP) is 2.30. The average Bonchev–Trinajstić information content (AvgIpc) is 3.02. The average molecular weight is 288 g/mol. The Morgan fingerprint density at radius 2 is 1.43 bits per heavy atom. The Kier molecular flexibility index (Phi) is 2.75. The highest BCUT2D eigenvalue weighted by Crippen LogP contribution is 2.54. The van der Waals surface area contributed by atoms with Gasteiger partial charge < -0.3 is 11.1 Å². The van der Waals surface area contributed by atoms with Crippen LogP contribution in [-0.4, -0.2) is 18.0 Å². The molecule has 0 saturated heterocycles. The summed E-state index contributed by atoms with van der Waals surface area (Å²) in [6.07, 6.45) is 10.7. The van der Waals surface area contributed by atoms with Crippen molar-refractivity contribution in [1.82, 2.24) is 5.32 Å². The van der Waals surface area contributed by atoms with Crippen molar-refractivity contribution in [3.8, 4) is 0 Å². The Morgan fingerprint density at radius 1 is 0.810 bits per heavy atom. The van der Waals surface area contributed by atoms with Gasteiger partial charge in [0.15, 0.2) is 0 Å². The van der Waals surface area contributed by atoms with E-state index < -0.39 is 0 Å². The number of amides is 1. The molecular formula is C18H28N2O. The fraction of sp³-hybridized carbons (Fsp3) is 0.944. The normalized spacial score (nSPS) is 56.9. The summed E-state index contributed by atoms with van der Waals surface area (Å²) < 4.78 is 0. The first kappa shape index (κ1) is 12.9. The maximum Gasteiger partial charge on any atom is 0.225 e. The molecular weight excluding hydrogens is 260 g/mol. The van der Waals surface area contributed by atoms with Crippen LogP contribution < -0.4 is 11.1 Å². The molecule has 21 heavy (non-hydrogen) atoms. The third-order valence-electron chi connectivity index (χ3n) is 7.82. The minimum Gasteiger partial charge on any atom is -0.353 e. The lowest BCUT2D eigenvalue weighted by Crippen LogP contribution is -2.58. The van der Waals surface area contributed by atoms with Crippen LogP contribution in [0.2, 0.25) is 0 Å². The number of nitrogens with one attached hydrogen (secondary N) is 1. The molecule has 6 aliphatic rings. The monoisotopic (exact) mass is 288 g/mol. The first-order valence-electron chi connectivity index (χ1n) is 9.25. The third kappa shape index (κ3) is 1.85. The fourth-order valence-corrected chi connectivity index (χ4v) is 7.15. The van der Waals surface area contributed by atoms with Gasteiger partial charge in [0, 0.05) is 12.1 Å². The van der Waals surface area contributed by atoms with Crippen LogP contribution in [0.5, 0.6) is 0 Å². The molecule has 4 unspecified atom stereocenters. The molecule has 3 heteroatoms. The van der Waals surface area contributed by atoms with E-state index in [1.807, 2.05) is 0 Å². The van der Waals surface area contributed by atoms with E-state index in [0.717, 1.165) is 23.7 Å². The smallest absolute Gasteiger partial charge is 0.225 e. The quantitative estimate of drug-likeness (QED) is 0.819. The minimum atomic E-state index is 0.126. The second-order valence-corrected chi connectivity index (χ2v) is 8.90. The van der Waals surface area contributed by atoms with Crippen molar-refractivity contribution in [2.24, 2.45) is 47.2 Å². The highest BCUT2D eigenvalue weighted by Gasteiger charge is 2.52. The van der Waals surface area contributed by atoms with E-state index in [-0.39, 0.29) is 12.0 Å². The summed E-state index contributed by atoms with van der Waals surface area (Å²) in [5, 5.41) is 3.50. The highest BCUT2D eigenvalue weighted by atomic mass is 16.2. The molecule has 0 spiro atoms. The van der Waals surface area contributed by atoms with Gasteiger partial charge in [0.25, 0.3) is 0 Å². The predicted molar refractivity (Wildman–Crippen MR) is 81.3 cm³/mol. The molecule has 3 nitrogen and oxygen atoms in total. The Labute approximate surface area is 127 Å². The topological polar surface area (TPSA) is 55.1 Å². The molecule has 6 saturated carbocycles. The van der Waals surface area contributed by atoms with Crippen LogP contribution in [0.4, 0.5) is 0 Å². The number of carbonyl (C=O) groups is 1. The van der Waals surface area contributed by atoms with Gasteiger partial charge in [0.05, 0.1) is 5.92 Å². The van der Waals surface area contributed by atoms with Crippen LogP contribution in [-0.2, 0) is 4.79 Å². The van der Waals surface area contributed by atoms with E-state index in [1.54, 1.807) is 0 Å². The van der Waals surface area contributed by atoms with Crippen LogP contribution in [0.3, 0.4) is 0 Å². The molecule has 0 aliphatic heterocycles. The maximum absolute atomic E-state index is 12.8. The van der Waals surface area contributed by atoms with Crippen LogP contribution in [0, 0.1) is 41.4 Å². The SMILES string of the molecule is NC1C2CCC(C2)C1C(=O)NC1C2CC3CC(C2)CC1C3. The largest absolute Gasteiger partial charge is 0.353 e. The van der Waals surface area contributed by atoms with Gasteiger partial charge in [-0.25, -0.2) is 0 Å². The van der Waals surface area contributed by atoms with Gasteiger partial charge in [-0.3, -0.25) is 4.79 Å². The number of hydrogen-bond donors (Lipinski definition) is 2. The van der Waals surface area contributed by atoms with Gasteiger partial charge >= 0.3 is 0 Å². The summed E-state index contributed by atoms with van der Waals surface area (Å²) in [6, 6.07) is 0.622. The zero-order valence-electron chi connectivity index (χ0n) is 12.8. The first-order chi connectivity index (χ1) is 10.2. The van der Waals surface area contributed by atoms with Crippen LogP contribution in [0.1, 0.15) is 51.4 Å². The molecule has 6 aliphatic carbocycles. The van der Waals surface area contributed by atoms with Crippen molar-refractivity contribution < 1.29 is 4.79 Å². The number of hydrogen-bond acceptors (Lipinski definition) is 2. The number of fused-ring (bicyclic) bond motifs is 2. The van der Waals surface area contributed by atoms with E-state index >= 15 is 0 Å². The van der Waals surface area contributed by atoms with E-state index in [4.69, 9.17) is 5.73 Å². The molecule has 6 rings (SSSR count). The number of nitrogens with two attached hydrogens (primary N) is 1. The van der Waals surface area contributed by atoms with Crippen molar-refractivity contribution in [3.05, 3.63) is 0 Å². The first-order valence-corrected chi connectivity index (χ1v) is 9.25. The molecule has 0 aromatic heterocycles. The molecule has 0 aromatic carbocycles. The second-order valence-electron chi connectivity index (χ2n) is 8.90. The van der Waals surface area contributed by atoms with Gasteiger partial charge in [-0.15, -0.1) is 0 Å². The molecule has 0 radical (unpaired) electrons. The standard InChI is InChI=1S/C18H28N2O/c19-16-12-2-1-11(8-12)15(16)18(21)20-17-13-4-9-3-10(6-13)7-14(17)5-9/h9-17H,1-8,19H2,(H,20,21). The van der Waals surface area contributed by atoms with E-state index in [0.29, 0.717) is 23.8 Å². The summed E-state index contributed by atoms with van der Waals surface area (Å²) in [5.74, 6) is 5.16. The van der Waals surface area contributed by atoms with Gasteiger partial charge in [0.2, 0.25) is 5.91 Å². The van der Waals surface area contributed by atoms with Crippen molar-refractivity contribution in [3.63, 3.8) is 0 Å². The highest BCUT2D eigenvalue weighted by molar-refractivity contribution is 5.80. The van der Waals surface area contributed by atoms with Crippen molar-refractivity contribution in [2.75, 3.05) is 0 Å². The lowest BCUT2D eigenvalue weighted by atomic mass is 9.54. The van der Waals surface area contributed by atoms with Gasteiger partial charge in [0.1, 0.15) is 0 Å². The molecule has 6 bridgehead atoms. The molecule has 0 aromatic rings. The molecule has 6 fully saturated rings. The molecule has 3 N–H and O–H groups in total. The van der Waals surface area contributed by atoms with Crippen LogP contribution in [0.15, 0.2) is 0 Å². The number of carbonyl (C=O) groups excluding carboxylic acids is 1. The lowest BCUT2D eigenvalue weighted by Gasteiger charge is -2.54. The molecule has 4 atom stereocenters. The minimum absolute atomic E-state index is 0.126. The van der Waals surface area contributed by atoms with Crippen LogP contribution in [0.25, 0.3) is 0 Å². The van der Waals surface area contributed by atoms with Crippen molar-refractivity contribution in [1.29, 1.82) is 0 Å². The Hall–Kier alpha value is -0.570.